The minimum atomic E-state index is 0.636. The molecular weight excluding hydrogens is 316 g/mol. The van der Waals surface area contributed by atoms with Crippen LogP contribution < -0.4 is 4.74 Å². The Morgan fingerprint density at radius 2 is 1.58 bits per heavy atom. The van der Waals surface area contributed by atoms with Gasteiger partial charge >= 0.3 is 0 Å². The first-order valence-corrected chi connectivity index (χ1v) is 8.40. The topological polar surface area (TPSA) is 35.0 Å². The third kappa shape index (κ3) is 3.19. The Hall–Kier alpha value is -2.98. The summed E-state index contributed by atoms with van der Waals surface area (Å²) in [6.45, 7) is 0. The fraction of sp³-hybridized carbons (Fsp3) is 0. The largest absolute Gasteiger partial charge is 0.431 e. The van der Waals surface area contributed by atoms with E-state index >= 15 is 0 Å². The molecule has 24 heavy (non-hydrogen) atoms. The van der Waals surface area contributed by atoms with Crippen LogP contribution in [0.2, 0.25) is 0 Å². The quantitative estimate of drug-likeness (QED) is 0.484. The molecule has 4 rings (SSSR count). The van der Waals surface area contributed by atoms with Gasteiger partial charge in [-0.3, -0.25) is 4.98 Å². The van der Waals surface area contributed by atoms with Crippen LogP contribution in [-0.2, 0) is 0 Å². The molecule has 0 aliphatic carbocycles. The SMILES string of the molecule is c1ccc(-c2cnc(Oc3cccc(-c4cccnc4)c3)s2)cc1. The molecule has 0 spiro atoms. The number of aromatic nitrogens is 2. The van der Waals surface area contributed by atoms with Gasteiger partial charge in [0.2, 0.25) is 0 Å². The van der Waals surface area contributed by atoms with E-state index in [9.17, 15) is 0 Å². The van der Waals surface area contributed by atoms with Gasteiger partial charge in [-0.1, -0.05) is 59.9 Å². The van der Waals surface area contributed by atoms with Crippen molar-refractivity contribution < 1.29 is 4.74 Å². The molecule has 0 unspecified atom stereocenters. The molecule has 0 radical (unpaired) electrons. The summed E-state index contributed by atoms with van der Waals surface area (Å²) in [7, 11) is 0. The van der Waals surface area contributed by atoms with Crippen LogP contribution in [0.1, 0.15) is 0 Å². The Kier molecular flexibility index (Phi) is 4.04. The predicted molar refractivity (Wildman–Crippen MR) is 97.3 cm³/mol. The molecule has 3 nitrogen and oxygen atoms in total. The van der Waals surface area contributed by atoms with Gasteiger partial charge < -0.3 is 4.74 Å². The van der Waals surface area contributed by atoms with Gasteiger partial charge in [0.25, 0.3) is 5.19 Å². The molecular formula is C20H14N2OS. The van der Waals surface area contributed by atoms with E-state index in [1.165, 1.54) is 11.3 Å². The third-order valence-corrected chi connectivity index (χ3v) is 4.50. The molecule has 2 heterocycles. The summed E-state index contributed by atoms with van der Waals surface area (Å²) in [6.07, 6.45) is 5.46. The number of rotatable bonds is 4. The van der Waals surface area contributed by atoms with Crippen LogP contribution in [0.5, 0.6) is 10.9 Å². The van der Waals surface area contributed by atoms with Gasteiger partial charge in [0.15, 0.2) is 0 Å². The van der Waals surface area contributed by atoms with E-state index in [1.54, 1.807) is 6.20 Å². The molecule has 4 heteroatoms. The van der Waals surface area contributed by atoms with Gasteiger partial charge in [0.05, 0.1) is 4.88 Å². The van der Waals surface area contributed by atoms with Gasteiger partial charge in [0, 0.05) is 24.2 Å². The zero-order chi connectivity index (χ0) is 16.2. The summed E-state index contributed by atoms with van der Waals surface area (Å²) in [4.78, 5) is 9.63. The van der Waals surface area contributed by atoms with E-state index in [2.05, 4.69) is 22.1 Å². The van der Waals surface area contributed by atoms with Crippen molar-refractivity contribution in [2.75, 3.05) is 0 Å². The van der Waals surface area contributed by atoms with E-state index < -0.39 is 0 Å². The van der Waals surface area contributed by atoms with E-state index in [-0.39, 0.29) is 0 Å². The van der Waals surface area contributed by atoms with Crippen LogP contribution >= 0.6 is 11.3 Å². The lowest BCUT2D eigenvalue weighted by atomic mass is 10.1. The van der Waals surface area contributed by atoms with Gasteiger partial charge in [0.1, 0.15) is 5.75 Å². The standard InChI is InChI=1S/C20H14N2OS/c1-2-6-15(7-3-1)19-14-22-20(24-19)23-18-10-4-8-16(12-18)17-9-5-11-21-13-17/h1-14H. The van der Waals surface area contributed by atoms with Crippen molar-refractivity contribution in [3.05, 3.63) is 85.3 Å². The molecule has 2 aromatic heterocycles. The molecule has 4 aromatic rings. The minimum absolute atomic E-state index is 0.636. The molecule has 0 aliphatic rings. The molecule has 0 aliphatic heterocycles. The van der Waals surface area contributed by atoms with Crippen molar-refractivity contribution in [1.29, 1.82) is 0 Å². The Morgan fingerprint density at radius 1 is 0.750 bits per heavy atom. The van der Waals surface area contributed by atoms with Crippen molar-refractivity contribution in [1.82, 2.24) is 9.97 Å². The molecule has 0 saturated heterocycles. The summed E-state index contributed by atoms with van der Waals surface area (Å²) < 4.78 is 5.93. The smallest absolute Gasteiger partial charge is 0.279 e. The maximum absolute atomic E-state index is 5.93. The fourth-order valence-corrected chi connectivity index (χ4v) is 3.21. The third-order valence-electron chi connectivity index (χ3n) is 3.58. The highest BCUT2D eigenvalue weighted by Crippen LogP contribution is 2.33. The number of hydrogen-bond donors (Lipinski definition) is 0. The lowest BCUT2D eigenvalue weighted by Gasteiger charge is -2.05. The Morgan fingerprint density at radius 3 is 2.42 bits per heavy atom. The second kappa shape index (κ2) is 6.64. The summed E-state index contributed by atoms with van der Waals surface area (Å²) in [5, 5.41) is 0.636. The molecule has 0 bridgehead atoms. The number of benzene rings is 2. The van der Waals surface area contributed by atoms with E-state index in [1.807, 2.05) is 67.0 Å². The number of nitrogens with zero attached hydrogens (tertiary/aromatic N) is 2. The maximum atomic E-state index is 5.93. The van der Waals surface area contributed by atoms with Crippen LogP contribution in [0.3, 0.4) is 0 Å². The van der Waals surface area contributed by atoms with Crippen LogP contribution in [0, 0.1) is 0 Å². The molecule has 2 aromatic carbocycles. The van der Waals surface area contributed by atoms with Crippen molar-refractivity contribution in [2.24, 2.45) is 0 Å². The monoisotopic (exact) mass is 330 g/mol. The number of ether oxygens (including phenoxy) is 1. The van der Waals surface area contributed by atoms with Crippen molar-refractivity contribution >= 4 is 11.3 Å². The molecule has 0 amide bonds. The molecule has 0 saturated carbocycles. The van der Waals surface area contributed by atoms with E-state index in [0.29, 0.717) is 5.19 Å². The van der Waals surface area contributed by atoms with Crippen molar-refractivity contribution in [3.8, 4) is 32.5 Å². The predicted octanol–water partition coefficient (Wildman–Crippen LogP) is 5.66. The first-order valence-electron chi connectivity index (χ1n) is 7.58. The Balaban J connectivity index is 1.57. The van der Waals surface area contributed by atoms with Crippen LogP contribution in [0.15, 0.2) is 85.3 Å². The molecule has 116 valence electrons. The zero-order valence-electron chi connectivity index (χ0n) is 12.8. The van der Waals surface area contributed by atoms with Gasteiger partial charge in [-0.05, 0) is 29.3 Å². The molecule has 0 fully saturated rings. The maximum Gasteiger partial charge on any atom is 0.279 e. The van der Waals surface area contributed by atoms with Gasteiger partial charge in [-0.25, -0.2) is 4.98 Å². The van der Waals surface area contributed by atoms with Crippen molar-refractivity contribution in [2.45, 2.75) is 0 Å². The van der Waals surface area contributed by atoms with Crippen molar-refractivity contribution in [3.63, 3.8) is 0 Å². The van der Waals surface area contributed by atoms with Crippen LogP contribution in [0.4, 0.5) is 0 Å². The van der Waals surface area contributed by atoms with Crippen LogP contribution in [-0.4, -0.2) is 9.97 Å². The molecule has 0 N–H and O–H groups in total. The Bertz CT molecular complexity index is 936. The lowest BCUT2D eigenvalue weighted by Crippen LogP contribution is -1.84. The van der Waals surface area contributed by atoms with Gasteiger partial charge in [-0.15, -0.1) is 0 Å². The average molecular weight is 330 g/mol. The minimum Gasteiger partial charge on any atom is -0.431 e. The van der Waals surface area contributed by atoms with E-state index in [0.717, 1.165) is 27.3 Å². The summed E-state index contributed by atoms with van der Waals surface area (Å²) in [5.41, 5.74) is 3.28. The van der Waals surface area contributed by atoms with E-state index in [4.69, 9.17) is 4.74 Å². The highest BCUT2D eigenvalue weighted by atomic mass is 32.1. The highest BCUT2D eigenvalue weighted by Gasteiger charge is 2.07. The summed E-state index contributed by atoms with van der Waals surface area (Å²) >= 11 is 1.54. The fourth-order valence-electron chi connectivity index (χ4n) is 2.41. The Labute approximate surface area is 144 Å². The number of pyridine rings is 1. The first-order chi connectivity index (χ1) is 11.9. The average Bonchev–Trinajstić information content (AvgIpc) is 3.12. The second-order valence-corrected chi connectivity index (χ2v) is 6.22. The lowest BCUT2D eigenvalue weighted by molar-refractivity contribution is 0.479. The first kappa shape index (κ1) is 14.6. The second-order valence-electron chi connectivity index (χ2n) is 5.23. The zero-order valence-corrected chi connectivity index (χ0v) is 13.6. The summed E-state index contributed by atoms with van der Waals surface area (Å²) in [6, 6.07) is 22.1. The van der Waals surface area contributed by atoms with Gasteiger partial charge in [-0.2, -0.15) is 0 Å². The number of hydrogen-bond acceptors (Lipinski definition) is 4. The molecule has 0 atom stereocenters. The normalized spacial score (nSPS) is 10.5. The highest BCUT2D eigenvalue weighted by molar-refractivity contribution is 7.16. The van der Waals surface area contributed by atoms with Crippen LogP contribution in [0.25, 0.3) is 21.6 Å². The number of thiazole rings is 1. The summed E-state index contributed by atoms with van der Waals surface area (Å²) in [5.74, 6) is 0.769.